The van der Waals surface area contributed by atoms with Crippen molar-refractivity contribution in [1.82, 2.24) is 19.7 Å². The molecule has 1 aliphatic heterocycles. The van der Waals surface area contributed by atoms with Crippen LogP contribution in [0.15, 0.2) is 22.8 Å². The number of rotatable bonds is 8. The van der Waals surface area contributed by atoms with Crippen molar-refractivity contribution in [3.05, 3.63) is 35.8 Å². The Morgan fingerprint density at radius 3 is 3.04 bits per heavy atom. The van der Waals surface area contributed by atoms with E-state index in [0.717, 1.165) is 43.5 Å². The molecule has 0 amide bonds. The lowest BCUT2D eigenvalue weighted by atomic mass is 9.98. The van der Waals surface area contributed by atoms with E-state index in [1.54, 1.807) is 6.26 Å². The van der Waals surface area contributed by atoms with Crippen molar-refractivity contribution in [2.75, 3.05) is 26.2 Å². The molecule has 3 heterocycles. The predicted molar refractivity (Wildman–Crippen MR) is 93.0 cm³/mol. The Morgan fingerprint density at radius 1 is 1.44 bits per heavy atom. The Morgan fingerprint density at radius 2 is 2.32 bits per heavy atom. The molecule has 0 spiro atoms. The van der Waals surface area contributed by atoms with Gasteiger partial charge < -0.3 is 19.2 Å². The summed E-state index contributed by atoms with van der Waals surface area (Å²) < 4.78 is 12.8. The van der Waals surface area contributed by atoms with Gasteiger partial charge in [-0.05, 0) is 51.3 Å². The van der Waals surface area contributed by atoms with Crippen molar-refractivity contribution in [2.45, 2.75) is 45.9 Å². The molecule has 0 unspecified atom stereocenters. The number of aryl methyl sites for hydroxylation is 2. The van der Waals surface area contributed by atoms with Gasteiger partial charge in [-0.3, -0.25) is 0 Å². The Labute approximate surface area is 148 Å². The first-order valence-corrected chi connectivity index (χ1v) is 8.98. The molecule has 7 nitrogen and oxygen atoms in total. The molecule has 2 aromatic heterocycles. The van der Waals surface area contributed by atoms with Crippen molar-refractivity contribution in [2.24, 2.45) is 5.92 Å². The number of likely N-dealkylation sites (tertiary alicyclic amines) is 1. The maximum atomic E-state index is 10.2. The summed E-state index contributed by atoms with van der Waals surface area (Å²) in [7, 11) is 0. The molecule has 25 heavy (non-hydrogen) atoms. The molecule has 2 aromatic rings. The molecule has 0 bridgehead atoms. The number of nitrogens with zero attached hydrogens (tertiary/aromatic N) is 4. The molecule has 2 atom stereocenters. The van der Waals surface area contributed by atoms with Crippen molar-refractivity contribution < 1.29 is 14.3 Å². The van der Waals surface area contributed by atoms with Crippen molar-refractivity contribution in [1.29, 1.82) is 0 Å². The SMILES string of the molecule is Cc1nc(C)n(C[C@H]2CCCN(C[C@@H](O)COCc3ccco3)C2)n1. The van der Waals surface area contributed by atoms with Gasteiger partial charge in [0, 0.05) is 19.6 Å². The van der Waals surface area contributed by atoms with Crippen LogP contribution in [0.1, 0.15) is 30.3 Å². The number of aromatic nitrogens is 3. The van der Waals surface area contributed by atoms with Crippen LogP contribution in [0.25, 0.3) is 0 Å². The van der Waals surface area contributed by atoms with Gasteiger partial charge in [-0.1, -0.05) is 0 Å². The first-order valence-electron chi connectivity index (χ1n) is 8.98. The number of furan rings is 1. The van der Waals surface area contributed by atoms with Crippen LogP contribution in [0.5, 0.6) is 0 Å². The van der Waals surface area contributed by atoms with Crippen LogP contribution >= 0.6 is 0 Å². The highest BCUT2D eigenvalue weighted by molar-refractivity contribution is 4.96. The Kier molecular flexibility index (Phi) is 6.23. The third-order valence-electron chi connectivity index (χ3n) is 4.60. The Hall–Kier alpha value is -1.70. The summed E-state index contributed by atoms with van der Waals surface area (Å²) in [6, 6.07) is 3.71. The molecule has 1 aliphatic rings. The van der Waals surface area contributed by atoms with Gasteiger partial charge >= 0.3 is 0 Å². The van der Waals surface area contributed by atoms with Crippen LogP contribution < -0.4 is 0 Å². The van der Waals surface area contributed by atoms with Crippen LogP contribution in [-0.4, -0.2) is 57.1 Å². The smallest absolute Gasteiger partial charge is 0.147 e. The summed E-state index contributed by atoms with van der Waals surface area (Å²) in [6.07, 6.45) is 3.49. The summed E-state index contributed by atoms with van der Waals surface area (Å²) in [5.74, 6) is 3.13. The Balaban J connectivity index is 1.40. The van der Waals surface area contributed by atoms with Crippen molar-refractivity contribution >= 4 is 0 Å². The highest BCUT2D eigenvalue weighted by Gasteiger charge is 2.23. The molecule has 0 aromatic carbocycles. The normalized spacial score (nSPS) is 20.0. The second-order valence-corrected chi connectivity index (χ2v) is 6.90. The highest BCUT2D eigenvalue weighted by atomic mass is 16.5. The zero-order valence-electron chi connectivity index (χ0n) is 15.1. The van der Waals surface area contributed by atoms with E-state index < -0.39 is 6.10 Å². The Bertz CT molecular complexity index is 641. The average molecular weight is 348 g/mol. The molecule has 0 aliphatic carbocycles. The molecule has 0 saturated carbocycles. The standard InChI is InChI=1S/C18H28N4O3/c1-14-19-15(2)22(20-14)10-16-5-3-7-21(9-16)11-17(23)12-24-13-18-6-4-8-25-18/h4,6,8,16-17,23H,3,5,7,9-13H2,1-2H3/t16-,17+/m0/s1. The lowest BCUT2D eigenvalue weighted by molar-refractivity contribution is -0.00200. The van der Waals surface area contributed by atoms with E-state index in [1.165, 1.54) is 6.42 Å². The average Bonchev–Trinajstić information content (AvgIpc) is 3.18. The molecule has 138 valence electrons. The summed E-state index contributed by atoms with van der Waals surface area (Å²) >= 11 is 0. The van der Waals surface area contributed by atoms with Gasteiger partial charge in [0.25, 0.3) is 0 Å². The van der Waals surface area contributed by atoms with Crippen LogP contribution in [-0.2, 0) is 17.9 Å². The minimum atomic E-state index is -0.482. The number of hydrogen-bond donors (Lipinski definition) is 1. The van der Waals surface area contributed by atoms with Crippen molar-refractivity contribution in [3.8, 4) is 0 Å². The molecular formula is C18H28N4O3. The van der Waals surface area contributed by atoms with Crippen LogP contribution in [0.2, 0.25) is 0 Å². The number of aliphatic hydroxyl groups is 1. The van der Waals surface area contributed by atoms with E-state index >= 15 is 0 Å². The largest absolute Gasteiger partial charge is 0.467 e. The van der Waals surface area contributed by atoms with E-state index in [2.05, 4.69) is 15.0 Å². The van der Waals surface area contributed by atoms with Crippen molar-refractivity contribution in [3.63, 3.8) is 0 Å². The van der Waals surface area contributed by atoms with Crippen LogP contribution in [0, 0.1) is 19.8 Å². The number of piperidine rings is 1. The summed E-state index contributed by atoms with van der Waals surface area (Å²) in [4.78, 5) is 6.70. The highest BCUT2D eigenvalue weighted by Crippen LogP contribution is 2.19. The van der Waals surface area contributed by atoms with E-state index in [4.69, 9.17) is 9.15 Å². The van der Waals surface area contributed by atoms with Gasteiger partial charge in [-0.15, -0.1) is 0 Å². The van der Waals surface area contributed by atoms with E-state index in [1.807, 2.05) is 30.7 Å². The predicted octanol–water partition coefficient (Wildman–Crippen LogP) is 1.78. The van der Waals surface area contributed by atoms with Gasteiger partial charge in [0.2, 0.25) is 0 Å². The van der Waals surface area contributed by atoms with E-state index in [-0.39, 0.29) is 0 Å². The van der Waals surface area contributed by atoms with Crippen LogP contribution in [0.4, 0.5) is 0 Å². The second-order valence-electron chi connectivity index (χ2n) is 6.90. The van der Waals surface area contributed by atoms with Crippen LogP contribution in [0.3, 0.4) is 0 Å². The second kappa shape index (κ2) is 8.60. The van der Waals surface area contributed by atoms with Gasteiger partial charge in [-0.2, -0.15) is 5.10 Å². The summed E-state index contributed by atoms with van der Waals surface area (Å²) in [6.45, 7) is 8.20. The summed E-state index contributed by atoms with van der Waals surface area (Å²) in [5, 5.41) is 14.7. The third-order valence-corrected chi connectivity index (χ3v) is 4.60. The number of hydrogen-bond acceptors (Lipinski definition) is 6. The molecule has 0 radical (unpaired) electrons. The number of β-amino-alcohol motifs (C(OH)–C–C–N with tert-alkyl or cyclic N) is 1. The molecular weight excluding hydrogens is 320 g/mol. The molecule has 7 heteroatoms. The number of aliphatic hydroxyl groups excluding tert-OH is 1. The zero-order chi connectivity index (χ0) is 17.6. The quantitative estimate of drug-likeness (QED) is 0.784. The van der Waals surface area contributed by atoms with Gasteiger partial charge in [-0.25, -0.2) is 9.67 Å². The monoisotopic (exact) mass is 348 g/mol. The minimum Gasteiger partial charge on any atom is -0.467 e. The first kappa shape index (κ1) is 18.1. The fraction of sp³-hybridized carbons (Fsp3) is 0.667. The first-order chi connectivity index (χ1) is 12.1. The van der Waals surface area contributed by atoms with E-state index in [9.17, 15) is 5.11 Å². The lowest BCUT2D eigenvalue weighted by Crippen LogP contribution is -2.42. The van der Waals surface area contributed by atoms with Gasteiger partial charge in [0.05, 0.1) is 19.0 Å². The number of ether oxygens (including phenoxy) is 1. The minimum absolute atomic E-state index is 0.323. The fourth-order valence-electron chi connectivity index (χ4n) is 3.49. The maximum absolute atomic E-state index is 10.2. The van der Waals surface area contributed by atoms with Gasteiger partial charge in [0.15, 0.2) is 0 Å². The molecule has 1 N–H and O–H groups in total. The summed E-state index contributed by atoms with van der Waals surface area (Å²) in [5.41, 5.74) is 0. The zero-order valence-corrected chi connectivity index (χ0v) is 15.1. The maximum Gasteiger partial charge on any atom is 0.147 e. The topological polar surface area (TPSA) is 76.6 Å². The molecule has 3 rings (SSSR count). The van der Waals surface area contributed by atoms with E-state index in [0.29, 0.717) is 25.7 Å². The molecule has 1 saturated heterocycles. The third kappa shape index (κ3) is 5.39. The molecule has 1 fully saturated rings. The fourth-order valence-corrected chi connectivity index (χ4v) is 3.49. The van der Waals surface area contributed by atoms with Gasteiger partial charge in [0.1, 0.15) is 24.0 Å². The lowest BCUT2D eigenvalue weighted by Gasteiger charge is -2.33.